The van der Waals surface area contributed by atoms with Crippen molar-refractivity contribution < 1.29 is 9.72 Å². The summed E-state index contributed by atoms with van der Waals surface area (Å²) >= 11 is 0. The average molecular weight is 350 g/mol. The summed E-state index contributed by atoms with van der Waals surface area (Å²) in [6, 6.07) is 15.0. The molecule has 0 radical (unpaired) electrons. The molecule has 1 N–H and O–H groups in total. The van der Waals surface area contributed by atoms with Gasteiger partial charge in [0.15, 0.2) is 0 Å². The van der Waals surface area contributed by atoms with E-state index in [1.807, 2.05) is 48.9 Å². The third-order valence-electron chi connectivity index (χ3n) is 4.20. The number of hydrogen-bond donors (Lipinski definition) is 1. The molecule has 1 heterocycles. The molecule has 1 unspecified atom stereocenters. The first-order valence-electron chi connectivity index (χ1n) is 8.12. The Hall–Kier alpha value is -3.48. The number of nitrogens with zero attached hydrogens (tertiary/aromatic N) is 3. The molecule has 0 spiro atoms. The number of hydrogen-bond acceptors (Lipinski definition) is 4. The molecule has 0 bridgehead atoms. The number of benzene rings is 2. The minimum atomic E-state index is -0.494. The molecule has 26 heavy (non-hydrogen) atoms. The van der Waals surface area contributed by atoms with Crippen molar-refractivity contribution in [2.75, 3.05) is 0 Å². The number of carbonyl (C=O) groups is 1. The van der Waals surface area contributed by atoms with Gasteiger partial charge in [0.2, 0.25) is 0 Å². The third kappa shape index (κ3) is 3.46. The number of nitrogens with one attached hydrogen (secondary N) is 1. The first-order chi connectivity index (χ1) is 12.5. The number of aromatic nitrogens is 2. The lowest BCUT2D eigenvalue weighted by Gasteiger charge is -2.14. The van der Waals surface area contributed by atoms with Crippen LogP contribution in [-0.2, 0) is 0 Å². The topological polar surface area (TPSA) is 90.1 Å². The number of carbonyl (C=O) groups excluding carboxylic acids is 1. The Labute approximate surface area is 150 Å². The molecule has 1 atom stereocenters. The largest absolute Gasteiger partial charge is 0.345 e. The summed E-state index contributed by atoms with van der Waals surface area (Å²) in [7, 11) is 0. The zero-order valence-electron chi connectivity index (χ0n) is 14.4. The van der Waals surface area contributed by atoms with E-state index in [0.29, 0.717) is 5.56 Å². The van der Waals surface area contributed by atoms with Crippen LogP contribution < -0.4 is 5.32 Å². The lowest BCUT2D eigenvalue weighted by molar-refractivity contribution is -0.384. The maximum absolute atomic E-state index is 12.4. The van der Waals surface area contributed by atoms with Gasteiger partial charge in [-0.05, 0) is 38.1 Å². The van der Waals surface area contributed by atoms with Crippen molar-refractivity contribution in [3.8, 4) is 5.69 Å². The Morgan fingerprint density at radius 1 is 1.15 bits per heavy atom. The number of para-hydroxylation sites is 1. The SMILES string of the molecule is Cc1c(C(C)NC(=O)c2ccc([N+](=O)[O-])cc2)cnn1-c1ccccc1. The van der Waals surface area contributed by atoms with E-state index >= 15 is 0 Å². The minimum absolute atomic E-state index is 0.0467. The Kier molecular flexibility index (Phi) is 4.79. The maximum atomic E-state index is 12.4. The minimum Gasteiger partial charge on any atom is -0.345 e. The number of rotatable bonds is 5. The summed E-state index contributed by atoms with van der Waals surface area (Å²) in [5.41, 5.74) is 3.12. The molecule has 0 aliphatic rings. The zero-order chi connectivity index (χ0) is 18.7. The van der Waals surface area contributed by atoms with Crippen molar-refractivity contribution in [3.05, 3.63) is 87.7 Å². The molecule has 0 saturated heterocycles. The van der Waals surface area contributed by atoms with E-state index < -0.39 is 4.92 Å². The molecule has 2 aromatic carbocycles. The summed E-state index contributed by atoms with van der Waals surface area (Å²) < 4.78 is 1.82. The van der Waals surface area contributed by atoms with Crippen LogP contribution in [0.4, 0.5) is 5.69 Å². The zero-order valence-corrected chi connectivity index (χ0v) is 14.4. The van der Waals surface area contributed by atoms with Crippen LogP contribution in [0.2, 0.25) is 0 Å². The molecule has 1 aromatic heterocycles. The smallest absolute Gasteiger partial charge is 0.269 e. The highest BCUT2D eigenvalue weighted by Crippen LogP contribution is 2.21. The second-order valence-corrected chi connectivity index (χ2v) is 5.93. The van der Waals surface area contributed by atoms with Crippen molar-refractivity contribution in [2.45, 2.75) is 19.9 Å². The predicted octanol–water partition coefficient (Wildman–Crippen LogP) is 3.58. The molecule has 7 heteroatoms. The van der Waals surface area contributed by atoms with E-state index in [-0.39, 0.29) is 17.6 Å². The normalized spacial score (nSPS) is 11.8. The van der Waals surface area contributed by atoms with Crippen LogP contribution in [0, 0.1) is 17.0 Å². The van der Waals surface area contributed by atoms with Gasteiger partial charge >= 0.3 is 0 Å². The summed E-state index contributed by atoms with van der Waals surface area (Å²) in [5.74, 6) is -0.292. The highest BCUT2D eigenvalue weighted by atomic mass is 16.6. The molecule has 3 aromatic rings. The highest BCUT2D eigenvalue weighted by molar-refractivity contribution is 5.94. The summed E-state index contributed by atoms with van der Waals surface area (Å²) in [5, 5.41) is 18.0. The van der Waals surface area contributed by atoms with Crippen LogP contribution in [-0.4, -0.2) is 20.6 Å². The fraction of sp³-hybridized carbons (Fsp3) is 0.158. The number of amides is 1. The second kappa shape index (κ2) is 7.18. The van der Waals surface area contributed by atoms with E-state index in [0.717, 1.165) is 16.9 Å². The Bertz CT molecular complexity index is 933. The van der Waals surface area contributed by atoms with Crippen LogP contribution >= 0.6 is 0 Å². The predicted molar refractivity (Wildman–Crippen MR) is 97.3 cm³/mol. The molecule has 0 fully saturated rings. The first kappa shape index (κ1) is 17.3. The van der Waals surface area contributed by atoms with Crippen molar-refractivity contribution >= 4 is 11.6 Å². The van der Waals surface area contributed by atoms with Gasteiger partial charge in [0.05, 0.1) is 22.8 Å². The fourth-order valence-electron chi connectivity index (χ4n) is 2.77. The van der Waals surface area contributed by atoms with Crippen molar-refractivity contribution in [1.82, 2.24) is 15.1 Å². The van der Waals surface area contributed by atoms with E-state index in [9.17, 15) is 14.9 Å². The monoisotopic (exact) mass is 350 g/mol. The van der Waals surface area contributed by atoms with E-state index in [1.54, 1.807) is 6.20 Å². The lowest BCUT2D eigenvalue weighted by atomic mass is 10.1. The fourth-order valence-corrected chi connectivity index (χ4v) is 2.77. The van der Waals surface area contributed by atoms with E-state index in [2.05, 4.69) is 10.4 Å². The van der Waals surface area contributed by atoms with Gasteiger partial charge in [0.25, 0.3) is 11.6 Å². The van der Waals surface area contributed by atoms with Crippen LogP contribution in [0.5, 0.6) is 0 Å². The molecule has 1 amide bonds. The summed E-state index contributed by atoms with van der Waals surface area (Å²) in [6.45, 7) is 3.83. The molecule has 0 aliphatic heterocycles. The number of nitro groups is 1. The summed E-state index contributed by atoms with van der Waals surface area (Å²) in [4.78, 5) is 22.6. The van der Waals surface area contributed by atoms with E-state index in [1.165, 1.54) is 24.3 Å². The van der Waals surface area contributed by atoms with Gasteiger partial charge in [-0.1, -0.05) is 18.2 Å². The standard InChI is InChI=1S/C19H18N4O3/c1-13(21-19(24)15-8-10-17(11-9-15)23(25)26)18-12-20-22(14(18)2)16-6-4-3-5-7-16/h3-13H,1-2H3,(H,21,24). The highest BCUT2D eigenvalue weighted by Gasteiger charge is 2.17. The molecule has 3 rings (SSSR count). The Morgan fingerprint density at radius 2 is 1.81 bits per heavy atom. The van der Waals surface area contributed by atoms with Crippen molar-refractivity contribution in [3.63, 3.8) is 0 Å². The first-order valence-corrected chi connectivity index (χ1v) is 8.12. The van der Waals surface area contributed by atoms with Crippen molar-refractivity contribution in [1.29, 1.82) is 0 Å². The average Bonchev–Trinajstić information content (AvgIpc) is 3.04. The van der Waals surface area contributed by atoms with Gasteiger partial charge in [-0.3, -0.25) is 14.9 Å². The van der Waals surface area contributed by atoms with Crippen LogP contribution in [0.1, 0.15) is 34.6 Å². The maximum Gasteiger partial charge on any atom is 0.269 e. The Balaban J connectivity index is 1.76. The summed E-state index contributed by atoms with van der Waals surface area (Å²) in [6.07, 6.45) is 1.74. The van der Waals surface area contributed by atoms with E-state index in [4.69, 9.17) is 0 Å². The second-order valence-electron chi connectivity index (χ2n) is 5.93. The lowest BCUT2D eigenvalue weighted by Crippen LogP contribution is -2.26. The Morgan fingerprint density at radius 3 is 2.42 bits per heavy atom. The van der Waals surface area contributed by atoms with Crippen molar-refractivity contribution in [2.24, 2.45) is 0 Å². The molecular formula is C19H18N4O3. The number of non-ortho nitro benzene ring substituents is 1. The van der Waals surface area contributed by atoms with Gasteiger partial charge in [-0.25, -0.2) is 4.68 Å². The van der Waals surface area contributed by atoms with Crippen LogP contribution in [0.3, 0.4) is 0 Å². The van der Waals surface area contributed by atoms with Gasteiger partial charge in [-0.2, -0.15) is 5.10 Å². The quantitative estimate of drug-likeness (QED) is 0.562. The van der Waals surface area contributed by atoms with Gasteiger partial charge < -0.3 is 5.32 Å². The van der Waals surface area contributed by atoms with Gasteiger partial charge in [0, 0.05) is 29.0 Å². The van der Waals surface area contributed by atoms with Gasteiger partial charge in [0.1, 0.15) is 0 Å². The van der Waals surface area contributed by atoms with Gasteiger partial charge in [-0.15, -0.1) is 0 Å². The molecule has 0 saturated carbocycles. The third-order valence-corrected chi connectivity index (χ3v) is 4.20. The van der Waals surface area contributed by atoms with Crippen LogP contribution in [0.15, 0.2) is 60.8 Å². The number of nitro benzene ring substituents is 1. The molecular weight excluding hydrogens is 332 g/mol. The molecule has 132 valence electrons. The van der Waals surface area contributed by atoms with Crippen LogP contribution in [0.25, 0.3) is 5.69 Å². The molecule has 0 aliphatic carbocycles. The molecule has 7 nitrogen and oxygen atoms in total.